The summed E-state index contributed by atoms with van der Waals surface area (Å²) in [4.78, 5) is 109. The van der Waals surface area contributed by atoms with Crippen LogP contribution in [0.2, 0.25) is 0 Å². The number of fused-ring (bicyclic) bond motifs is 5. The molecule has 0 saturated carbocycles. The first-order valence-corrected chi connectivity index (χ1v) is 48.3. The van der Waals surface area contributed by atoms with E-state index in [1.165, 1.54) is 45.8 Å². The molecule has 2 amide bonds. The molecular formula is C83H101Cl7N6O23S6. The lowest BCUT2D eigenvalue weighted by Crippen LogP contribution is -2.39. The van der Waals surface area contributed by atoms with Crippen LogP contribution in [0.15, 0.2) is 219 Å². The lowest BCUT2D eigenvalue weighted by atomic mass is 10.2. The Morgan fingerprint density at radius 3 is 1.30 bits per heavy atom. The summed E-state index contributed by atoms with van der Waals surface area (Å²) in [6.45, 7) is 20.6. The quantitative estimate of drug-likeness (QED) is 0.0116. The summed E-state index contributed by atoms with van der Waals surface area (Å²) in [5, 5.41) is 23.0. The molecule has 686 valence electrons. The molecule has 0 fully saturated rings. The minimum Gasteiger partial charge on any atom is -0.481 e. The molecule has 0 aliphatic carbocycles. The number of ether oxygens (including phenoxy) is 7. The molecule has 11 rings (SSSR count). The molecule has 0 radical (unpaired) electrons. The van der Waals surface area contributed by atoms with Gasteiger partial charge in [0, 0.05) is 54.9 Å². The van der Waals surface area contributed by atoms with E-state index in [0.717, 1.165) is 48.0 Å². The van der Waals surface area contributed by atoms with Crippen molar-refractivity contribution < 1.29 is 107 Å². The number of Topliss-reactive ketones (excluding diaryl/α,β-unsaturated/α-hetero) is 1. The third kappa shape index (κ3) is 42.3. The Balaban J connectivity index is 0.000000496. The van der Waals surface area contributed by atoms with Crippen molar-refractivity contribution in [3.63, 3.8) is 0 Å². The molecule has 6 aromatic carbocycles. The predicted molar refractivity (Wildman–Crippen MR) is 497 cm³/mol. The maximum atomic E-state index is 12.7. The first kappa shape index (κ1) is 113. The highest BCUT2D eigenvalue weighted by atomic mass is 35.5. The Hall–Kier alpha value is -8.56. The van der Waals surface area contributed by atoms with Gasteiger partial charge < -0.3 is 59.9 Å². The van der Waals surface area contributed by atoms with Crippen LogP contribution in [0.3, 0.4) is 0 Å². The second-order valence-corrected chi connectivity index (χ2v) is 37.2. The van der Waals surface area contributed by atoms with Gasteiger partial charge in [-0.1, -0.05) is 84.6 Å². The fourth-order valence-electron chi connectivity index (χ4n) is 10.3. The van der Waals surface area contributed by atoms with Gasteiger partial charge >= 0.3 is 48.0 Å². The number of anilines is 6. The Morgan fingerprint density at radius 2 is 0.848 bits per heavy atom. The predicted octanol–water partition coefficient (Wildman–Crippen LogP) is 19.3. The average molecular weight is 1990 g/mol. The molecule has 1 atom stereocenters. The fourth-order valence-corrected chi connectivity index (χ4v) is 16.5. The van der Waals surface area contributed by atoms with Gasteiger partial charge in [-0.2, -0.15) is 0 Å². The molecule has 125 heavy (non-hydrogen) atoms. The van der Waals surface area contributed by atoms with Gasteiger partial charge in [-0.3, -0.25) is 33.6 Å². The zero-order valence-electron chi connectivity index (χ0n) is 70.1. The Bertz CT molecular complexity index is 5050. The summed E-state index contributed by atoms with van der Waals surface area (Å²) in [5.41, 5.74) is 8.71. The Morgan fingerprint density at radius 1 is 0.472 bits per heavy atom. The van der Waals surface area contributed by atoms with Gasteiger partial charge in [0.25, 0.3) is 0 Å². The van der Waals surface area contributed by atoms with Crippen LogP contribution < -0.4 is 31.5 Å². The van der Waals surface area contributed by atoms with Gasteiger partial charge in [-0.05, 0) is 154 Å². The van der Waals surface area contributed by atoms with Crippen LogP contribution in [0.5, 0.6) is 0 Å². The zero-order valence-corrected chi connectivity index (χ0v) is 80.4. The van der Waals surface area contributed by atoms with E-state index < -0.39 is 76.8 Å². The van der Waals surface area contributed by atoms with Crippen molar-refractivity contribution in [1.29, 1.82) is 0 Å². The number of halogens is 7. The van der Waals surface area contributed by atoms with Gasteiger partial charge in [0.05, 0.1) is 146 Å². The van der Waals surface area contributed by atoms with Gasteiger partial charge in [0.2, 0.25) is 29.5 Å². The molecule has 5 heterocycles. The highest BCUT2D eigenvalue weighted by Gasteiger charge is 2.37. The van der Waals surface area contributed by atoms with Crippen LogP contribution >= 0.6 is 117 Å². The third-order valence-corrected chi connectivity index (χ3v) is 22.4. The number of rotatable bonds is 18. The van der Waals surface area contributed by atoms with Gasteiger partial charge in [-0.25, -0.2) is 44.6 Å². The number of ketones is 1. The summed E-state index contributed by atoms with van der Waals surface area (Å²) in [7, 11) is -10.8. The number of nitrogens with two attached hydrogens (primary N) is 1. The number of carbonyl (C=O) groups is 9. The fraction of sp³-hybridized carbons (Fsp3) is 0.361. The van der Waals surface area contributed by atoms with Crippen LogP contribution in [0.4, 0.5) is 43.7 Å². The van der Waals surface area contributed by atoms with E-state index in [0.29, 0.717) is 54.7 Å². The lowest BCUT2D eigenvalue weighted by Gasteiger charge is -2.32. The van der Waals surface area contributed by atoms with Crippen molar-refractivity contribution in [3.8, 4) is 0 Å². The molecule has 5 aliphatic heterocycles. The highest BCUT2D eigenvalue weighted by molar-refractivity contribution is 8.02. The van der Waals surface area contributed by atoms with Crippen LogP contribution in [-0.4, -0.2) is 162 Å². The average Bonchev–Trinajstić information content (AvgIpc) is 0.772. The molecule has 42 heteroatoms. The minimum absolute atomic E-state index is 0.00796. The number of thiol groups is 1. The Kier molecular flexibility index (Phi) is 52.2. The first-order valence-electron chi connectivity index (χ1n) is 37.6. The van der Waals surface area contributed by atoms with Crippen molar-refractivity contribution in [2.45, 2.75) is 161 Å². The maximum Gasteiger partial charge on any atom is 0.419 e. The Labute approximate surface area is 778 Å². The van der Waals surface area contributed by atoms with Crippen molar-refractivity contribution in [3.05, 3.63) is 190 Å². The number of carbonyl (C=O) groups excluding carboxylic acids is 8. The van der Waals surface area contributed by atoms with E-state index in [-0.39, 0.29) is 123 Å². The van der Waals surface area contributed by atoms with E-state index in [2.05, 4.69) is 39.4 Å². The van der Waals surface area contributed by atoms with Gasteiger partial charge in [-0.15, -0.1) is 106 Å². The number of para-hydroxylation sites is 6. The summed E-state index contributed by atoms with van der Waals surface area (Å²) in [6.07, 6.45) is -1.79. The molecule has 6 aromatic rings. The molecule has 29 nitrogen and oxygen atoms in total. The third-order valence-electron chi connectivity index (χ3n) is 14.8. The number of esters is 5. The van der Waals surface area contributed by atoms with E-state index in [4.69, 9.17) is 120 Å². The summed E-state index contributed by atoms with van der Waals surface area (Å²) >= 11 is 41.1. The van der Waals surface area contributed by atoms with Crippen LogP contribution in [0.25, 0.3) is 0 Å². The van der Waals surface area contributed by atoms with E-state index >= 15 is 0 Å². The van der Waals surface area contributed by atoms with Crippen LogP contribution in [0, 0.1) is 0 Å². The molecule has 0 spiro atoms. The van der Waals surface area contributed by atoms with E-state index in [9.17, 15) is 68.4 Å². The number of sulfone groups is 3. The summed E-state index contributed by atoms with van der Waals surface area (Å²) < 4.78 is 107. The molecule has 1 unspecified atom stereocenters. The molecular weight excluding hydrogens is 1890 g/mol. The number of hydrogen-bond donors (Lipinski definition) is 6. The van der Waals surface area contributed by atoms with E-state index in [1.54, 1.807) is 114 Å². The number of thioether (sulfide) groups is 2. The van der Waals surface area contributed by atoms with Crippen LogP contribution in [-0.2, 0) is 96.2 Å². The number of carboxylic acid groups (broad SMARTS) is 1. The smallest absolute Gasteiger partial charge is 0.419 e. The summed E-state index contributed by atoms with van der Waals surface area (Å²) in [6, 6.07) is 42.3. The largest absolute Gasteiger partial charge is 0.481 e. The SMILES string of the molecule is CCOC(=O)CC(=O)CCl.CCOC(=O)CC1=CS(=O)(=O)c2ccccc2N1.CCOC(=O)CC1=CS(=O)(=O)c2ccccc2N1C(=O)OC(C)(C)C.CCOC(=O)CC1=CSc2ccccc2N1C(=O)OC(C)(C)C.CCOC(=O)CC1CSc2ccccc2N1.ClCCl.ClCCl.ClCCl.Nc1ccccc1S.O=C(O)CC1=CS(=O)(=O)c2ccccc2N1. The van der Waals surface area contributed by atoms with Crippen LogP contribution in [0.1, 0.15) is 115 Å². The number of benzene rings is 6. The summed E-state index contributed by atoms with van der Waals surface area (Å²) in [5.74, 6) is -2.68. The zero-order chi connectivity index (χ0) is 94.3. The number of hydrogen-bond acceptors (Lipinski definition) is 29. The molecule has 6 N–H and O–H groups in total. The highest BCUT2D eigenvalue weighted by Crippen LogP contribution is 2.42. The second kappa shape index (κ2) is 58.0. The van der Waals surface area contributed by atoms with E-state index in [1.807, 2.05) is 94.4 Å². The van der Waals surface area contributed by atoms with Crippen molar-refractivity contribution >= 4 is 235 Å². The molecule has 0 bridgehead atoms. The number of carboxylic acids is 1. The lowest BCUT2D eigenvalue weighted by molar-refractivity contribution is -0.146. The van der Waals surface area contributed by atoms with Crippen molar-refractivity contribution in [1.82, 2.24) is 0 Å². The van der Waals surface area contributed by atoms with Crippen molar-refractivity contribution in [2.75, 3.05) is 92.2 Å². The van der Waals surface area contributed by atoms with Gasteiger partial charge in [0.1, 0.15) is 17.6 Å². The molecule has 0 saturated heterocycles. The maximum absolute atomic E-state index is 12.7. The second-order valence-electron chi connectivity index (χ2n) is 26.8. The number of aliphatic carboxylic acids is 1. The number of nitrogens with one attached hydrogen (secondary N) is 3. The number of alkyl halides is 7. The number of nitrogens with zero attached hydrogens (tertiary/aromatic N) is 2. The number of nitrogen functional groups attached to an aromatic ring is 1. The minimum atomic E-state index is -3.78. The standard InChI is InChI=1S/C17H21NO6S.C17H21NO4S.C12H13NO4S.C12H15NO2S.C10H9NO4S.C6H9ClO3.C6H7NS.3CH2Cl2/c1-5-23-15(19)10-12-11-25(21,22)14-9-7-6-8-13(14)18(12)16(20)24-17(2,3)4;1-5-21-15(19)10-12-11-23-14-9-7-6-8-13(14)18(12)16(20)22-17(2,3)4;1-2-17-12(14)7-9-8-18(15,16)11-6-4-3-5-10(11)13-9;1-2-15-12(14)7-9-8-16-11-6-4-3-5-10(11)13-9;12-10(13)5-7-6-16(14,15)9-4-2-1-3-8(9)11-7;1-2-10-6(9)3-5(8)4-7;7-5-3-1-2-4-6(5)8;3*2-1-3/h6-9,11H,5,10H2,1-4H3;6-9,11H,5,10H2,1-4H3;3-6,8,13H,2,7H2,1H3;3-6,9,13H,2,7-8H2,1H3;1-4,6,11H,5H2,(H,12,13);2-4H2,1H3;1-4,8H,7H2;3*1H2. The topological polar surface area (TPSA) is 409 Å². The van der Waals surface area contributed by atoms with Crippen molar-refractivity contribution in [2.24, 2.45) is 0 Å². The normalized spacial score (nSPS) is 14.3. The first-order chi connectivity index (χ1) is 58.9. The van der Waals surface area contributed by atoms with Gasteiger partial charge in [0.15, 0.2) is 5.78 Å². The molecule has 5 aliphatic rings. The number of amides is 2. The monoisotopic (exact) mass is 1990 g/mol. The molecule has 0 aromatic heterocycles.